The lowest BCUT2D eigenvalue weighted by Gasteiger charge is -1.96. The number of carboxylic acids is 1. The Morgan fingerprint density at radius 3 is 1.77 bits per heavy atom. The van der Waals surface area contributed by atoms with Gasteiger partial charge < -0.3 is 5.11 Å². The van der Waals surface area contributed by atoms with Gasteiger partial charge >= 0.3 is 5.97 Å². The van der Waals surface area contributed by atoms with Crippen LogP contribution < -0.4 is 0 Å². The number of allylic oxidation sites excluding steroid dienone is 8. The molecule has 0 unspecified atom stereocenters. The van der Waals surface area contributed by atoms with Crippen molar-refractivity contribution in [3.8, 4) is 0 Å². The third-order valence-corrected chi connectivity index (χ3v) is 3.23. The molecular formula is C20H32O2. The average Bonchev–Trinajstić information content (AvgIpc) is 2.50. The summed E-state index contributed by atoms with van der Waals surface area (Å²) in [6.07, 6.45) is 27.4. The molecule has 0 heterocycles. The summed E-state index contributed by atoms with van der Waals surface area (Å²) >= 11 is 0. The number of unbranched alkanes of at least 4 members (excludes halogenated alkanes) is 4. The molecule has 0 radical (unpaired) electrons. The third-order valence-electron chi connectivity index (χ3n) is 3.23. The highest BCUT2D eigenvalue weighted by Gasteiger charge is 1.95. The van der Waals surface area contributed by atoms with E-state index in [4.69, 9.17) is 5.11 Å². The van der Waals surface area contributed by atoms with Crippen LogP contribution in [-0.2, 0) is 4.79 Å². The van der Waals surface area contributed by atoms with Crippen LogP contribution >= 0.6 is 0 Å². The van der Waals surface area contributed by atoms with E-state index in [0.717, 1.165) is 57.8 Å². The van der Waals surface area contributed by atoms with Crippen LogP contribution in [0.3, 0.4) is 0 Å². The standard InChI is InChI=1S/C20H32O2/c1-2-3-4-5-6-7-8-9-10-11-12-13-14-15-16-17-18-19-20(21)22/h3-4,6-7,9-10,12-13H,2,5,8,11,14-19H2,1H3,(H,21,22)/b4-3-,7-6-,10-9-,13-12+. The molecule has 2 heteroatoms. The lowest BCUT2D eigenvalue weighted by molar-refractivity contribution is -0.137. The summed E-state index contributed by atoms with van der Waals surface area (Å²) in [7, 11) is 0. The van der Waals surface area contributed by atoms with Gasteiger partial charge in [-0.2, -0.15) is 0 Å². The van der Waals surface area contributed by atoms with Gasteiger partial charge in [-0.15, -0.1) is 0 Å². The zero-order chi connectivity index (χ0) is 16.3. The van der Waals surface area contributed by atoms with E-state index in [1.54, 1.807) is 0 Å². The molecule has 0 amide bonds. The minimum absolute atomic E-state index is 0.309. The van der Waals surface area contributed by atoms with Gasteiger partial charge in [-0.3, -0.25) is 4.79 Å². The van der Waals surface area contributed by atoms with E-state index in [1.807, 2.05) is 0 Å². The van der Waals surface area contributed by atoms with Gasteiger partial charge in [0.05, 0.1) is 0 Å². The highest BCUT2D eigenvalue weighted by molar-refractivity contribution is 5.66. The minimum Gasteiger partial charge on any atom is -0.481 e. The molecule has 0 bridgehead atoms. The normalized spacial score (nSPS) is 12.4. The van der Waals surface area contributed by atoms with Gasteiger partial charge in [-0.25, -0.2) is 0 Å². The van der Waals surface area contributed by atoms with Crippen LogP contribution in [0.5, 0.6) is 0 Å². The quantitative estimate of drug-likeness (QED) is 0.305. The lowest BCUT2D eigenvalue weighted by atomic mass is 10.1. The predicted octanol–water partition coefficient (Wildman–Crippen LogP) is 6.22. The van der Waals surface area contributed by atoms with E-state index in [-0.39, 0.29) is 0 Å². The van der Waals surface area contributed by atoms with Crippen molar-refractivity contribution in [2.75, 3.05) is 0 Å². The van der Waals surface area contributed by atoms with Gasteiger partial charge in [0, 0.05) is 6.42 Å². The zero-order valence-corrected chi connectivity index (χ0v) is 14.0. The molecule has 22 heavy (non-hydrogen) atoms. The third kappa shape index (κ3) is 18.4. The van der Waals surface area contributed by atoms with Crippen LogP contribution in [0.4, 0.5) is 0 Å². The fraction of sp³-hybridized carbons (Fsp3) is 0.550. The second-order valence-electron chi connectivity index (χ2n) is 5.35. The Labute approximate surface area is 136 Å². The first-order valence-corrected chi connectivity index (χ1v) is 8.59. The monoisotopic (exact) mass is 304 g/mol. The SMILES string of the molecule is CC/C=C\C/C=C\C/C=C\C/C=C/CCCCCCC(=O)O. The number of carbonyl (C=O) groups is 1. The maximum Gasteiger partial charge on any atom is 0.303 e. The van der Waals surface area contributed by atoms with Crippen molar-refractivity contribution in [2.45, 2.75) is 71.1 Å². The summed E-state index contributed by atoms with van der Waals surface area (Å²) in [5.41, 5.74) is 0. The second-order valence-corrected chi connectivity index (χ2v) is 5.35. The van der Waals surface area contributed by atoms with Crippen LogP contribution in [-0.4, -0.2) is 11.1 Å². The summed E-state index contributed by atoms with van der Waals surface area (Å²) in [4.78, 5) is 10.3. The van der Waals surface area contributed by atoms with Crippen molar-refractivity contribution in [2.24, 2.45) is 0 Å². The van der Waals surface area contributed by atoms with Gasteiger partial charge in [-0.05, 0) is 44.9 Å². The summed E-state index contributed by atoms with van der Waals surface area (Å²) < 4.78 is 0. The predicted molar refractivity (Wildman–Crippen MR) is 96.0 cm³/mol. The molecule has 2 nitrogen and oxygen atoms in total. The first-order valence-electron chi connectivity index (χ1n) is 8.59. The van der Waals surface area contributed by atoms with E-state index in [2.05, 4.69) is 55.5 Å². The fourth-order valence-electron chi connectivity index (χ4n) is 1.99. The molecule has 0 spiro atoms. The Kier molecular flexibility index (Phi) is 16.2. The maximum atomic E-state index is 10.3. The highest BCUT2D eigenvalue weighted by Crippen LogP contribution is 2.06. The van der Waals surface area contributed by atoms with Crippen molar-refractivity contribution >= 4 is 5.97 Å². The van der Waals surface area contributed by atoms with E-state index in [1.165, 1.54) is 0 Å². The Hall–Kier alpha value is -1.57. The molecule has 0 aliphatic heterocycles. The first kappa shape index (κ1) is 20.4. The Morgan fingerprint density at radius 1 is 0.727 bits per heavy atom. The van der Waals surface area contributed by atoms with E-state index >= 15 is 0 Å². The second kappa shape index (κ2) is 17.5. The number of hydrogen-bond donors (Lipinski definition) is 1. The summed E-state index contributed by atoms with van der Waals surface area (Å²) in [5, 5.41) is 8.51. The van der Waals surface area contributed by atoms with E-state index < -0.39 is 5.97 Å². The van der Waals surface area contributed by atoms with Crippen molar-refractivity contribution in [3.63, 3.8) is 0 Å². The molecule has 0 aliphatic carbocycles. The number of rotatable bonds is 14. The van der Waals surface area contributed by atoms with Gasteiger partial charge in [0.2, 0.25) is 0 Å². The molecule has 0 saturated carbocycles. The topological polar surface area (TPSA) is 37.3 Å². The highest BCUT2D eigenvalue weighted by atomic mass is 16.4. The molecule has 0 aromatic heterocycles. The molecule has 0 fully saturated rings. The fourth-order valence-corrected chi connectivity index (χ4v) is 1.99. The Bertz CT molecular complexity index is 362. The summed E-state index contributed by atoms with van der Waals surface area (Å²) in [6, 6.07) is 0. The number of hydrogen-bond acceptors (Lipinski definition) is 1. The largest absolute Gasteiger partial charge is 0.481 e. The Morgan fingerprint density at radius 2 is 1.23 bits per heavy atom. The molecule has 0 saturated heterocycles. The molecule has 0 aromatic rings. The van der Waals surface area contributed by atoms with Crippen molar-refractivity contribution in [1.29, 1.82) is 0 Å². The minimum atomic E-state index is -0.682. The molecular weight excluding hydrogens is 272 g/mol. The molecule has 0 aliphatic rings. The van der Waals surface area contributed by atoms with Crippen LogP contribution in [0.25, 0.3) is 0 Å². The molecule has 1 N–H and O–H groups in total. The van der Waals surface area contributed by atoms with Gasteiger partial charge in [0.1, 0.15) is 0 Å². The number of carboxylic acid groups (broad SMARTS) is 1. The van der Waals surface area contributed by atoms with Crippen molar-refractivity contribution in [3.05, 3.63) is 48.6 Å². The van der Waals surface area contributed by atoms with E-state index in [9.17, 15) is 4.79 Å². The average molecular weight is 304 g/mol. The van der Waals surface area contributed by atoms with E-state index in [0.29, 0.717) is 6.42 Å². The zero-order valence-electron chi connectivity index (χ0n) is 14.0. The molecule has 0 rings (SSSR count). The maximum absolute atomic E-state index is 10.3. The summed E-state index contributed by atoms with van der Waals surface area (Å²) in [6.45, 7) is 2.15. The van der Waals surface area contributed by atoms with Crippen LogP contribution in [0.15, 0.2) is 48.6 Å². The van der Waals surface area contributed by atoms with Gasteiger partial charge in [0.15, 0.2) is 0 Å². The lowest BCUT2D eigenvalue weighted by Crippen LogP contribution is -1.93. The number of aliphatic carboxylic acids is 1. The first-order chi connectivity index (χ1) is 10.8. The van der Waals surface area contributed by atoms with Crippen LogP contribution in [0, 0.1) is 0 Å². The van der Waals surface area contributed by atoms with Crippen LogP contribution in [0.2, 0.25) is 0 Å². The molecule has 124 valence electrons. The molecule has 0 aromatic carbocycles. The molecule has 0 atom stereocenters. The van der Waals surface area contributed by atoms with Gasteiger partial charge in [0.25, 0.3) is 0 Å². The smallest absolute Gasteiger partial charge is 0.303 e. The van der Waals surface area contributed by atoms with Crippen molar-refractivity contribution < 1.29 is 9.90 Å². The van der Waals surface area contributed by atoms with Crippen molar-refractivity contribution in [1.82, 2.24) is 0 Å². The van der Waals surface area contributed by atoms with Crippen LogP contribution in [0.1, 0.15) is 71.1 Å². The van der Waals surface area contributed by atoms with Gasteiger partial charge in [-0.1, -0.05) is 68.4 Å². The Balaban J connectivity index is 3.34. The summed E-state index contributed by atoms with van der Waals surface area (Å²) in [5.74, 6) is -0.682.